The number of H-pyrrole nitrogens is 4. The maximum Gasteiger partial charge on any atom is 0.268 e. The molecule has 0 aliphatic carbocycles. The molecule has 0 spiro atoms. The molecule has 4 N–H and O–H groups in total. The minimum atomic E-state index is -0.789. The topological polar surface area (TPSA) is 116 Å². The highest BCUT2D eigenvalue weighted by Crippen LogP contribution is 2.42. The van der Waals surface area contributed by atoms with Crippen LogP contribution in [0.5, 0.6) is 11.5 Å². The van der Waals surface area contributed by atoms with E-state index in [1.54, 1.807) is 32.4 Å². The highest BCUT2D eigenvalue weighted by Gasteiger charge is 2.33. The molecule has 0 unspecified atom stereocenters. The fourth-order valence-electron chi connectivity index (χ4n) is 4.70. The first kappa shape index (κ1) is 24.0. The first-order chi connectivity index (χ1) is 17.9. The summed E-state index contributed by atoms with van der Waals surface area (Å²) in [5.74, 6) is 0.313. The molecule has 8 heteroatoms. The van der Waals surface area contributed by atoms with Crippen LogP contribution in [-0.4, -0.2) is 34.6 Å². The molecule has 8 nitrogen and oxygen atoms in total. The fraction of sp³-hybridized carbons (Fsp3) is 0.172. The van der Waals surface area contributed by atoms with Gasteiger partial charge in [0.1, 0.15) is 11.5 Å². The lowest BCUT2D eigenvalue weighted by Crippen LogP contribution is -2.20. The van der Waals surface area contributed by atoms with Crippen LogP contribution in [0, 0.1) is 13.8 Å². The van der Waals surface area contributed by atoms with Crippen LogP contribution in [0.4, 0.5) is 0 Å². The van der Waals surface area contributed by atoms with Gasteiger partial charge in [-0.25, -0.2) is 0 Å². The Morgan fingerprint density at radius 2 is 1.11 bits per heavy atom. The zero-order valence-corrected chi connectivity index (χ0v) is 21.1. The number of aromatic nitrogens is 4. The molecular formula is C29H28N4O4. The lowest BCUT2D eigenvalue weighted by molar-refractivity contribution is 0.398. The van der Waals surface area contributed by atoms with Gasteiger partial charge in [0.25, 0.3) is 11.1 Å². The van der Waals surface area contributed by atoms with Gasteiger partial charge in [0.05, 0.1) is 42.7 Å². The highest BCUT2D eigenvalue weighted by molar-refractivity contribution is 5.71. The number of ether oxygens (including phenoxy) is 2. The van der Waals surface area contributed by atoms with Crippen molar-refractivity contribution >= 4 is 0 Å². The second-order valence-corrected chi connectivity index (χ2v) is 9.01. The van der Waals surface area contributed by atoms with Crippen LogP contribution in [0.3, 0.4) is 0 Å². The Morgan fingerprint density at radius 1 is 0.622 bits per heavy atom. The molecule has 0 saturated carbocycles. The fourth-order valence-corrected chi connectivity index (χ4v) is 4.70. The van der Waals surface area contributed by atoms with Crippen molar-refractivity contribution in [3.8, 4) is 34.0 Å². The van der Waals surface area contributed by atoms with Crippen molar-refractivity contribution in [2.45, 2.75) is 19.8 Å². The normalized spacial score (nSPS) is 11.2. The molecule has 2 heterocycles. The van der Waals surface area contributed by atoms with Gasteiger partial charge in [-0.05, 0) is 43.2 Å². The van der Waals surface area contributed by atoms with Gasteiger partial charge in [-0.1, -0.05) is 59.7 Å². The Hall–Kier alpha value is -4.72. The Morgan fingerprint density at radius 3 is 1.54 bits per heavy atom. The minimum Gasteiger partial charge on any atom is -0.497 e. The van der Waals surface area contributed by atoms with E-state index in [9.17, 15) is 9.59 Å². The van der Waals surface area contributed by atoms with E-state index >= 15 is 0 Å². The summed E-state index contributed by atoms with van der Waals surface area (Å²) in [6, 6.07) is 21.1. The number of hydrogen-bond acceptors (Lipinski definition) is 4. The Balaban J connectivity index is 1.85. The third kappa shape index (κ3) is 4.38. The third-order valence-corrected chi connectivity index (χ3v) is 6.64. The summed E-state index contributed by atoms with van der Waals surface area (Å²) in [6.45, 7) is 4.00. The second-order valence-electron chi connectivity index (χ2n) is 9.01. The zero-order valence-electron chi connectivity index (χ0n) is 21.1. The van der Waals surface area contributed by atoms with E-state index in [1.165, 1.54) is 0 Å². The van der Waals surface area contributed by atoms with Gasteiger partial charge in [-0.15, -0.1) is 0 Å². The van der Waals surface area contributed by atoms with Gasteiger partial charge in [-0.3, -0.25) is 30.0 Å². The summed E-state index contributed by atoms with van der Waals surface area (Å²) < 4.78 is 11.2. The van der Waals surface area contributed by atoms with Crippen molar-refractivity contribution in [2.24, 2.45) is 0 Å². The summed E-state index contributed by atoms with van der Waals surface area (Å²) >= 11 is 0. The molecule has 37 heavy (non-hydrogen) atoms. The Bertz CT molecular complexity index is 1560. The molecule has 0 aliphatic rings. The molecule has 5 aromatic rings. The third-order valence-electron chi connectivity index (χ3n) is 6.64. The molecule has 0 aliphatic heterocycles. The van der Waals surface area contributed by atoms with Crippen LogP contribution in [0.15, 0.2) is 76.3 Å². The Labute approximate surface area is 213 Å². The number of methoxy groups -OCH3 is 2. The molecule has 0 radical (unpaired) electrons. The van der Waals surface area contributed by atoms with E-state index in [0.29, 0.717) is 39.6 Å². The number of rotatable bonds is 7. The maximum atomic E-state index is 13.5. The smallest absolute Gasteiger partial charge is 0.268 e. The molecule has 0 fully saturated rings. The van der Waals surface area contributed by atoms with Crippen molar-refractivity contribution < 1.29 is 9.47 Å². The molecule has 2 aromatic heterocycles. The average molecular weight is 497 g/mol. The van der Waals surface area contributed by atoms with E-state index in [-0.39, 0.29) is 11.1 Å². The maximum absolute atomic E-state index is 13.5. The van der Waals surface area contributed by atoms with Gasteiger partial charge in [0, 0.05) is 5.56 Å². The predicted molar refractivity (Wildman–Crippen MR) is 144 cm³/mol. The molecule has 0 atom stereocenters. The van der Waals surface area contributed by atoms with Crippen molar-refractivity contribution in [1.29, 1.82) is 0 Å². The van der Waals surface area contributed by atoms with Crippen molar-refractivity contribution in [2.75, 3.05) is 14.2 Å². The molecule has 5 rings (SSSR count). The quantitative estimate of drug-likeness (QED) is 0.257. The minimum absolute atomic E-state index is 0.332. The number of aryl methyl sites for hydroxylation is 2. The monoisotopic (exact) mass is 496 g/mol. The second kappa shape index (κ2) is 9.73. The summed E-state index contributed by atoms with van der Waals surface area (Å²) in [7, 11) is 3.13. The van der Waals surface area contributed by atoms with E-state index in [0.717, 1.165) is 22.3 Å². The van der Waals surface area contributed by atoms with E-state index in [2.05, 4.69) is 20.4 Å². The van der Waals surface area contributed by atoms with Gasteiger partial charge in [0.2, 0.25) is 0 Å². The first-order valence-corrected chi connectivity index (χ1v) is 11.9. The van der Waals surface area contributed by atoms with E-state index in [1.807, 2.05) is 62.4 Å². The van der Waals surface area contributed by atoms with Crippen LogP contribution >= 0.6 is 0 Å². The largest absolute Gasteiger partial charge is 0.497 e. The molecule has 0 bridgehead atoms. The van der Waals surface area contributed by atoms with Gasteiger partial charge in [-0.2, -0.15) is 0 Å². The van der Waals surface area contributed by atoms with Crippen LogP contribution in [0.25, 0.3) is 22.5 Å². The Kier molecular flexibility index (Phi) is 6.31. The zero-order chi connectivity index (χ0) is 26.1. The molecule has 0 amide bonds. The van der Waals surface area contributed by atoms with E-state index in [4.69, 9.17) is 9.47 Å². The molecule has 0 saturated heterocycles. The molecular weight excluding hydrogens is 468 g/mol. The van der Waals surface area contributed by atoms with Crippen LogP contribution in [0.1, 0.15) is 33.7 Å². The van der Waals surface area contributed by atoms with Gasteiger partial charge < -0.3 is 9.47 Å². The number of aromatic amines is 4. The van der Waals surface area contributed by atoms with Crippen molar-refractivity contribution in [3.63, 3.8) is 0 Å². The van der Waals surface area contributed by atoms with Gasteiger partial charge >= 0.3 is 0 Å². The summed E-state index contributed by atoms with van der Waals surface area (Å²) in [5, 5.41) is 11.6. The number of hydrogen-bond donors (Lipinski definition) is 4. The van der Waals surface area contributed by atoms with Crippen LogP contribution in [-0.2, 0) is 0 Å². The summed E-state index contributed by atoms with van der Waals surface area (Å²) in [6.07, 6.45) is 0. The molecule has 3 aromatic carbocycles. The SMILES string of the molecule is COc1ccc(OC)c(C(c2c(-c3ccc(C)cc3)[nH][nH]c2=O)c2c(-c3ccc(C)cc3)[nH][nH]c2=O)c1. The summed E-state index contributed by atoms with van der Waals surface area (Å²) in [4.78, 5) is 26.9. The average Bonchev–Trinajstić information content (AvgIpc) is 3.48. The number of nitrogens with one attached hydrogen (secondary N) is 4. The van der Waals surface area contributed by atoms with Crippen molar-refractivity contribution in [3.05, 3.63) is 115 Å². The molecule has 188 valence electrons. The highest BCUT2D eigenvalue weighted by atomic mass is 16.5. The first-order valence-electron chi connectivity index (χ1n) is 11.9. The van der Waals surface area contributed by atoms with Gasteiger partial charge in [0.15, 0.2) is 0 Å². The standard InChI is InChI=1S/C29H28N4O4/c1-16-5-9-18(10-6-16)26-24(28(34)32-30-26)23(21-15-20(36-3)13-14-22(21)37-4)25-27(31-33-29(25)35)19-11-7-17(2)8-12-19/h5-15,23H,1-4H3,(H2,30,32,34)(H2,31,33,35). The van der Waals surface area contributed by atoms with Crippen LogP contribution in [0.2, 0.25) is 0 Å². The summed E-state index contributed by atoms with van der Waals surface area (Å²) in [5.41, 5.74) is 5.76. The lowest BCUT2D eigenvalue weighted by Gasteiger charge is -2.21. The lowest BCUT2D eigenvalue weighted by atomic mass is 9.82. The predicted octanol–water partition coefficient (Wildman–Crippen LogP) is 4.87. The van der Waals surface area contributed by atoms with Crippen LogP contribution < -0.4 is 20.6 Å². The van der Waals surface area contributed by atoms with E-state index < -0.39 is 5.92 Å². The van der Waals surface area contributed by atoms with Crippen molar-refractivity contribution in [1.82, 2.24) is 20.4 Å². The number of benzene rings is 3.